The van der Waals surface area contributed by atoms with E-state index in [1.54, 1.807) is 0 Å². The second-order valence-electron chi connectivity index (χ2n) is 5.19. The molecule has 2 N–H and O–H groups in total. The van der Waals surface area contributed by atoms with Gasteiger partial charge in [0.25, 0.3) is 0 Å². The number of rotatable bonds is 3. The van der Waals surface area contributed by atoms with Crippen molar-refractivity contribution in [3.05, 3.63) is 35.9 Å². The van der Waals surface area contributed by atoms with E-state index < -0.39 is 0 Å². The molecule has 3 nitrogen and oxygen atoms in total. The van der Waals surface area contributed by atoms with Crippen LogP contribution in [0.1, 0.15) is 44.7 Å². The number of piperidine rings is 1. The zero-order valence-electron chi connectivity index (χ0n) is 11.1. The van der Waals surface area contributed by atoms with E-state index in [4.69, 9.17) is 0 Å². The van der Waals surface area contributed by atoms with E-state index in [2.05, 4.69) is 17.6 Å². The first-order valence-corrected chi connectivity index (χ1v) is 6.78. The zero-order chi connectivity index (χ0) is 13.0. The molecule has 0 aliphatic carbocycles. The minimum atomic E-state index is -0.0279. The predicted octanol–water partition coefficient (Wildman–Crippen LogP) is 2.39. The Bertz CT molecular complexity index is 391. The lowest BCUT2D eigenvalue weighted by Gasteiger charge is -2.29. The highest BCUT2D eigenvalue weighted by Gasteiger charge is 2.24. The predicted molar refractivity (Wildman–Crippen MR) is 73.2 cm³/mol. The molecular weight excluding hydrogens is 224 g/mol. The van der Waals surface area contributed by atoms with Crippen molar-refractivity contribution in [3.8, 4) is 0 Å². The van der Waals surface area contributed by atoms with Gasteiger partial charge in [-0.3, -0.25) is 4.79 Å². The van der Waals surface area contributed by atoms with Crippen molar-refractivity contribution >= 4 is 5.91 Å². The number of amides is 1. The van der Waals surface area contributed by atoms with Crippen LogP contribution in [0.2, 0.25) is 0 Å². The van der Waals surface area contributed by atoms with Gasteiger partial charge in [0, 0.05) is 6.04 Å². The molecule has 98 valence electrons. The van der Waals surface area contributed by atoms with Crippen molar-refractivity contribution in [1.82, 2.24) is 10.6 Å². The molecule has 2 rings (SSSR count). The molecule has 1 aliphatic rings. The molecule has 1 saturated heterocycles. The summed E-state index contributed by atoms with van der Waals surface area (Å²) in [5, 5.41) is 6.45. The van der Waals surface area contributed by atoms with Gasteiger partial charge in [0.1, 0.15) is 0 Å². The largest absolute Gasteiger partial charge is 0.348 e. The van der Waals surface area contributed by atoms with Crippen LogP contribution in [0, 0.1) is 0 Å². The molecule has 1 heterocycles. The molecule has 3 unspecified atom stereocenters. The number of carbonyl (C=O) groups is 1. The second kappa shape index (κ2) is 6.01. The Hall–Kier alpha value is -1.35. The van der Waals surface area contributed by atoms with Gasteiger partial charge in [0.15, 0.2) is 0 Å². The van der Waals surface area contributed by atoms with Gasteiger partial charge < -0.3 is 10.6 Å². The van der Waals surface area contributed by atoms with Crippen molar-refractivity contribution in [2.75, 3.05) is 0 Å². The van der Waals surface area contributed by atoms with Gasteiger partial charge in [-0.1, -0.05) is 30.3 Å². The fourth-order valence-electron chi connectivity index (χ4n) is 2.48. The van der Waals surface area contributed by atoms with Gasteiger partial charge >= 0.3 is 0 Å². The van der Waals surface area contributed by atoms with Crippen LogP contribution < -0.4 is 10.6 Å². The highest BCUT2D eigenvalue weighted by molar-refractivity contribution is 5.82. The maximum atomic E-state index is 12.2. The summed E-state index contributed by atoms with van der Waals surface area (Å²) >= 11 is 0. The molecule has 1 fully saturated rings. The van der Waals surface area contributed by atoms with Crippen LogP contribution in [0.25, 0.3) is 0 Å². The van der Waals surface area contributed by atoms with Gasteiger partial charge in [-0.2, -0.15) is 0 Å². The van der Waals surface area contributed by atoms with Crippen LogP contribution in [-0.2, 0) is 4.79 Å². The summed E-state index contributed by atoms with van der Waals surface area (Å²) in [5.41, 5.74) is 1.15. The van der Waals surface area contributed by atoms with Crippen molar-refractivity contribution in [3.63, 3.8) is 0 Å². The summed E-state index contributed by atoms with van der Waals surface area (Å²) in [6, 6.07) is 10.6. The van der Waals surface area contributed by atoms with E-state index in [-0.39, 0.29) is 18.0 Å². The summed E-state index contributed by atoms with van der Waals surface area (Å²) in [7, 11) is 0. The van der Waals surface area contributed by atoms with Crippen molar-refractivity contribution < 1.29 is 4.79 Å². The quantitative estimate of drug-likeness (QED) is 0.860. The van der Waals surface area contributed by atoms with Crippen LogP contribution in [0.4, 0.5) is 0 Å². The summed E-state index contributed by atoms with van der Waals surface area (Å²) < 4.78 is 0. The number of hydrogen-bond acceptors (Lipinski definition) is 2. The van der Waals surface area contributed by atoms with Crippen LogP contribution in [0.5, 0.6) is 0 Å². The third kappa shape index (κ3) is 3.33. The summed E-state index contributed by atoms with van der Waals surface area (Å²) in [6.45, 7) is 4.17. The van der Waals surface area contributed by atoms with Crippen LogP contribution in [0.3, 0.4) is 0 Å². The van der Waals surface area contributed by atoms with Crippen molar-refractivity contribution in [2.45, 2.75) is 51.2 Å². The molecular formula is C15H22N2O. The van der Waals surface area contributed by atoms with Crippen LogP contribution >= 0.6 is 0 Å². The Morgan fingerprint density at radius 1 is 1.33 bits per heavy atom. The molecule has 1 aromatic carbocycles. The number of benzene rings is 1. The lowest BCUT2D eigenvalue weighted by atomic mass is 9.98. The summed E-state index contributed by atoms with van der Waals surface area (Å²) in [5.74, 6) is 0.123. The topological polar surface area (TPSA) is 41.1 Å². The van der Waals surface area contributed by atoms with Gasteiger partial charge in [0.2, 0.25) is 5.91 Å². The van der Waals surface area contributed by atoms with Crippen molar-refractivity contribution in [2.24, 2.45) is 0 Å². The minimum absolute atomic E-state index is 0.0279. The first-order chi connectivity index (χ1) is 8.66. The fraction of sp³-hybridized carbons (Fsp3) is 0.533. The van der Waals surface area contributed by atoms with E-state index in [1.807, 2.05) is 37.3 Å². The maximum absolute atomic E-state index is 12.2. The highest BCUT2D eigenvalue weighted by atomic mass is 16.2. The monoisotopic (exact) mass is 246 g/mol. The van der Waals surface area contributed by atoms with E-state index in [0.29, 0.717) is 6.04 Å². The van der Waals surface area contributed by atoms with Gasteiger partial charge in [0.05, 0.1) is 12.1 Å². The Morgan fingerprint density at radius 3 is 2.72 bits per heavy atom. The molecule has 0 aromatic heterocycles. The number of hydrogen-bond donors (Lipinski definition) is 2. The Balaban J connectivity index is 1.91. The molecule has 0 spiro atoms. The first-order valence-electron chi connectivity index (χ1n) is 6.78. The van der Waals surface area contributed by atoms with Crippen LogP contribution in [-0.4, -0.2) is 18.0 Å². The van der Waals surface area contributed by atoms with Crippen molar-refractivity contribution in [1.29, 1.82) is 0 Å². The Labute approximate surface area is 109 Å². The third-order valence-electron chi connectivity index (χ3n) is 3.59. The highest BCUT2D eigenvalue weighted by Crippen LogP contribution is 2.15. The maximum Gasteiger partial charge on any atom is 0.237 e. The molecule has 3 heteroatoms. The van der Waals surface area contributed by atoms with Gasteiger partial charge in [-0.15, -0.1) is 0 Å². The number of carbonyl (C=O) groups excluding carboxylic acids is 1. The fourth-order valence-corrected chi connectivity index (χ4v) is 2.48. The standard InChI is InChI=1S/C15H22N2O/c1-11-7-6-10-14(16-11)15(18)17-12(2)13-8-4-3-5-9-13/h3-5,8-9,11-12,14,16H,6-7,10H2,1-2H3,(H,17,18). The lowest BCUT2D eigenvalue weighted by molar-refractivity contribution is -0.124. The molecule has 1 aliphatic heterocycles. The van der Waals surface area contributed by atoms with E-state index in [0.717, 1.165) is 24.8 Å². The normalized spacial score (nSPS) is 25.4. The van der Waals surface area contributed by atoms with E-state index >= 15 is 0 Å². The molecule has 0 bridgehead atoms. The summed E-state index contributed by atoms with van der Waals surface area (Å²) in [6.07, 6.45) is 3.24. The average molecular weight is 246 g/mol. The first kappa shape index (κ1) is 13.1. The zero-order valence-corrected chi connectivity index (χ0v) is 11.1. The van der Waals surface area contributed by atoms with Gasteiger partial charge in [-0.25, -0.2) is 0 Å². The van der Waals surface area contributed by atoms with E-state index in [9.17, 15) is 4.79 Å². The average Bonchev–Trinajstić information content (AvgIpc) is 2.39. The second-order valence-corrected chi connectivity index (χ2v) is 5.19. The SMILES string of the molecule is CC1CCCC(C(=O)NC(C)c2ccccc2)N1. The Morgan fingerprint density at radius 2 is 2.06 bits per heavy atom. The van der Waals surface area contributed by atoms with Gasteiger partial charge in [-0.05, 0) is 38.7 Å². The lowest BCUT2D eigenvalue weighted by Crippen LogP contribution is -2.50. The molecule has 0 radical (unpaired) electrons. The molecule has 18 heavy (non-hydrogen) atoms. The Kier molecular flexibility index (Phi) is 4.37. The minimum Gasteiger partial charge on any atom is -0.348 e. The summed E-state index contributed by atoms with van der Waals surface area (Å²) in [4.78, 5) is 12.2. The smallest absolute Gasteiger partial charge is 0.237 e. The molecule has 1 amide bonds. The molecule has 3 atom stereocenters. The molecule has 0 saturated carbocycles. The van der Waals surface area contributed by atoms with E-state index in [1.165, 1.54) is 0 Å². The van der Waals surface area contributed by atoms with Crippen LogP contribution in [0.15, 0.2) is 30.3 Å². The third-order valence-corrected chi connectivity index (χ3v) is 3.59. The molecule has 1 aromatic rings. The number of nitrogens with one attached hydrogen (secondary N) is 2.